The number of nitrogens with one attached hydrogen (secondary N) is 1. The zero-order valence-corrected chi connectivity index (χ0v) is 18.1. The van der Waals surface area contributed by atoms with Crippen LogP contribution >= 0.6 is 11.6 Å². The van der Waals surface area contributed by atoms with Crippen LogP contribution in [0.25, 0.3) is 0 Å². The molecule has 156 valence electrons. The van der Waals surface area contributed by atoms with Gasteiger partial charge in [0.1, 0.15) is 5.75 Å². The fraction of sp³-hybridized carbons (Fsp3) is 0.136. The molecule has 30 heavy (non-hydrogen) atoms. The molecular weight excluding hydrogens is 424 g/mol. The van der Waals surface area contributed by atoms with Crippen LogP contribution in [-0.2, 0) is 16.6 Å². The van der Waals surface area contributed by atoms with Gasteiger partial charge in [-0.3, -0.25) is 4.79 Å². The van der Waals surface area contributed by atoms with Crippen molar-refractivity contribution in [3.63, 3.8) is 0 Å². The first-order chi connectivity index (χ1) is 14.3. The second-order valence-corrected chi connectivity index (χ2v) is 9.05. The number of carbonyl (C=O) groups excluding carboxylic acids is 1. The minimum absolute atomic E-state index is 0.182. The second-order valence-electron chi connectivity index (χ2n) is 6.57. The average molecular weight is 445 g/mol. The fourth-order valence-corrected chi connectivity index (χ4v) is 4.20. The van der Waals surface area contributed by atoms with E-state index in [2.05, 4.69) is 5.32 Å². The minimum atomic E-state index is -3.59. The number of methoxy groups -OCH3 is 1. The lowest BCUT2D eigenvalue weighted by molar-refractivity contribution is 0.102. The van der Waals surface area contributed by atoms with Crippen molar-refractivity contribution in [3.05, 3.63) is 88.9 Å². The number of ether oxygens (including phenoxy) is 1. The molecule has 0 radical (unpaired) electrons. The highest BCUT2D eigenvalue weighted by atomic mass is 35.5. The summed E-state index contributed by atoms with van der Waals surface area (Å²) in [7, 11) is -0.559. The molecule has 1 N–H and O–H groups in total. The highest BCUT2D eigenvalue weighted by Gasteiger charge is 2.20. The predicted molar refractivity (Wildman–Crippen MR) is 117 cm³/mol. The van der Waals surface area contributed by atoms with E-state index in [9.17, 15) is 13.2 Å². The molecule has 0 saturated heterocycles. The molecular formula is C22H21ClN2O4S. The van der Waals surface area contributed by atoms with E-state index in [1.54, 1.807) is 72.8 Å². The number of hydrogen-bond donors (Lipinski definition) is 1. The Bertz CT molecular complexity index is 1130. The standard InChI is InChI=1S/C22H21ClN2O4S/c1-25(30(27,28)19-6-4-3-5-7-19)15-16-8-10-17(11-9-16)22(26)24-20-14-18(23)12-13-21(20)29-2/h3-14H,15H2,1-2H3,(H,24,26). The Morgan fingerprint density at radius 1 is 1.03 bits per heavy atom. The van der Waals surface area contributed by atoms with Crippen molar-refractivity contribution >= 4 is 33.2 Å². The summed E-state index contributed by atoms with van der Waals surface area (Å²) in [6, 6.07) is 19.9. The van der Waals surface area contributed by atoms with Gasteiger partial charge in [-0.1, -0.05) is 41.9 Å². The minimum Gasteiger partial charge on any atom is -0.495 e. The quantitative estimate of drug-likeness (QED) is 0.585. The molecule has 6 nitrogen and oxygen atoms in total. The van der Waals surface area contributed by atoms with E-state index < -0.39 is 10.0 Å². The first-order valence-corrected chi connectivity index (χ1v) is 10.9. The van der Waals surface area contributed by atoms with Gasteiger partial charge in [-0.15, -0.1) is 0 Å². The van der Waals surface area contributed by atoms with Crippen molar-refractivity contribution in [2.75, 3.05) is 19.5 Å². The third-order valence-corrected chi connectivity index (χ3v) is 6.54. The molecule has 0 aromatic heterocycles. The van der Waals surface area contributed by atoms with Gasteiger partial charge in [0.05, 0.1) is 17.7 Å². The predicted octanol–water partition coefficient (Wildman–Crippen LogP) is 4.42. The molecule has 0 heterocycles. The average Bonchev–Trinajstić information content (AvgIpc) is 2.75. The summed E-state index contributed by atoms with van der Waals surface area (Å²) >= 11 is 5.99. The Morgan fingerprint density at radius 3 is 2.33 bits per heavy atom. The fourth-order valence-electron chi connectivity index (χ4n) is 2.85. The molecule has 0 aliphatic rings. The van der Waals surface area contributed by atoms with Crippen molar-refractivity contribution in [1.82, 2.24) is 4.31 Å². The maximum atomic E-state index is 12.6. The molecule has 0 aliphatic carbocycles. The van der Waals surface area contributed by atoms with Crippen molar-refractivity contribution in [2.45, 2.75) is 11.4 Å². The lowest BCUT2D eigenvalue weighted by atomic mass is 10.1. The molecule has 0 unspecified atom stereocenters. The number of hydrogen-bond acceptors (Lipinski definition) is 4. The number of halogens is 1. The van der Waals surface area contributed by atoms with Gasteiger partial charge in [0, 0.05) is 24.2 Å². The van der Waals surface area contributed by atoms with Gasteiger partial charge in [0.2, 0.25) is 10.0 Å². The summed E-state index contributed by atoms with van der Waals surface area (Å²) in [6.07, 6.45) is 0. The molecule has 0 saturated carbocycles. The van der Waals surface area contributed by atoms with E-state index in [1.165, 1.54) is 18.5 Å². The van der Waals surface area contributed by atoms with E-state index in [-0.39, 0.29) is 17.3 Å². The second kappa shape index (κ2) is 9.30. The van der Waals surface area contributed by atoms with E-state index in [4.69, 9.17) is 16.3 Å². The molecule has 0 spiro atoms. The van der Waals surface area contributed by atoms with Gasteiger partial charge in [-0.25, -0.2) is 8.42 Å². The first kappa shape index (κ1) is 21.8. The number of carbonyl (C=O) groups is 1. The van der Waals surface area contributed by atoms with Gasteiger partial charge in [-0.2, -0.15) is 4.31 Å². The molecule has 0 fully saturated rings. The van der Waals surface area contributed by atoms with Gasteiger partial charge in [-0.05, 0) is 48.0 Å². The van der Waals surface area contributed by atoms with E-state index in [1.807, 2.05) is 0 Å². The Labute approximate surface area is 181 Å². The third kappa shape index (κ3) is 4.99. The highest BCUT2D eigenvalue weighted by Crippen LogP contribution is 2.28. The summed E-state index contributed by atoms with van der Waals surface area (Å²) in [4.78, 5) is 12.8. The maximum Gasteiger partial charge on any atom is 0.255 e. The zero-order valence-electron chi connectivity index (χ0n) is 16.5. The van der Waals surface area contributed by atoms with Crippen LogP contribution in [0.1, 0.15) is 15.9 Å². The molecule has 0 bridgehead atoms. The van der Waals surface area contributed by atoms with Crippen molar-refractivity contribution in [2.24, 2.45) is 0 Å². The molecule has 1 amide bonds. The Kier molecular flexibility index (Phi) is 6.77. The number of anilines is 1. The van der Waals surface area contributed by atoms with Gasteiger partial charge < -0.3 is 10.1 Å². The summed E-state index contributed by atoms with van der Waals surface area (Å²) in [5, 5.41) is 3.25. The van der Waals surface area contributed by atoms with Crippen LogP contribution in [-0.4, -0.2) is 32.8 Å². The number of nitrogens with zero attached hydrogens (tertiary/aromatic N) is 1. The summed E-state index contributed by atoms with van der Waals surface area (Å²) in [5.41, 5.74) is 1.65. The molecule has 3 aromatic carbocycles. The van der Waals surface area contributed by atoms with Crippen LogP contribution in [0.2, 0.25) is 5.02 Å². The Balaban J connectivity index is 1.71. The van der Waals surface area contributed by atoms with Crippen molar-refractivity contribution in [3.8, 4) is 5.75 Å². The largest absolute Gasteiger partial charge is 0.495 e. The SMILES string of the molecule is COc1ccc(Cl)cc1NC(=O)c1ccc(CN(C)S(=O)(=O)c2ccccc2)cc1. The van der Waals surface area contributed by atoms with Gasteiger partial charge in [0.25, 0.3) is 5.91 Å². The number of sulfonamides is 1. The van der Waals surface area contributed by atoms with Crippen LogP contribution in [0.4, 0.5) is 5.69 Å². The lowest BCUT2D eigenvalue weighted by Crippen LogP contribution is -2.26. The Hall–Kier alpha value is -2.87. The van der Waals surface area contributed by atoms with E-state index >= 15 is 0 Å². The zero-order chi connectivity index (χ0) is 21.7. The number of amides is 1. The molecule has 8 heteroatoms. The molecule has 0 atom stereocenters. The van der Waals surface area contributed by atoms with E-state index in [0.717, 1.165) is 5.56 Å². The smallest absolute Gasteiger partial charge is 0.255 e. The summed E-state index contributed by atoms with van der Waals surface area (Å²) in [6.45, 7) is 0.182. The lowest BCUT2D eigenvalue weighted by Gasteiger charge is -2.17. The van der Waals surface area contributed by atoms with Crippen LogP contribution in [0.5, 0.6) is 5.75 Å². The molecule has 3 rings (SSSR count). The highest BCUT2D eigenvalue weighted by molar-refractivity contribution is 7.89. The van der Waals surface area contributed by atoms with Gasteiger partial charge in [0.15, 0.2) is 0 Å². The number of rotatable bonds is 7. The van der Waals surface area contributed by atoms with Crippen molar-refractivity contribution in [1.29, 1.82) is 0 Å². The van der Waals surface area contributed by atoms with E-state index in [0.29, 0.717) is 22.0 Å². The molecule has 3 aromatic rings. The topological polar surface area (TPSA) is 75.7 Å². The van der Waals surface area contributed by atoms with Crippen molar-refractivity contribution < 1.29 is 17.9 Å². The number of benzene rings is 3. The maximum absolute atomic E-state index is 12.6. The molecule has 0 aliphatic heterocycles. The third-order valence-electron chi connectivity index (χ3n) is 4.48. The summed E-state index contributed by atoms with van der Waals surface area (Å²) in [5.74, 6) is 0.171. The van der Waals surface area contributed by atoms with Gasteiger partial charge >= 0.3 is 0 Å². The monoisotopic (exact) mass is 444 g/mol. The van der Waals surface area contributed by atoms with Crippen LogP contribution in [0, 0.1) is 0 Å². The summed E-state index contributed by atoms with van der Waals surface area (Å²) < 4.78 is 31.8. The van der Waals surface area contributed by atoms with Crippen LogP contribution in [0.15, 0.2) is 77.7 Å². The first-order valence-electron chi connectivity index (χ1n) is 9.06. The van der Waals surface area contributed by atoms with Crippen LogP contribution in [0.3, 0.4) is 0 Å². The Morgan fingerprint density at radius 2 is 1.70 bits per heavy atom. The van der Waals surface area contributed by atoms with Crippen LogP contribution < -0.4 is 10.1 Å². The normalized spacial score (nSPS) is 11.3.